The van der Waals surface area contributed by atoms with Gasteiger partial charge in [0, 0.05) is 19.1 Å². The Morgan fingerprint density at radius 2 is 1.96 bits per heavy atom. The number of hydrogen-bond donors (Lipinski definition) is 2. The summed E-state index contributed by atoms with van der Waals surface area (Å²) < 4.78 is 0. The molecule has 2 rings (SSSR count). The first-order chi connectivity index (χ1) is 12.1. The summed E-state index contributed by atoms with van der Waals surface area (Å²) >= 11 is 0. The van der Waals surface area contributed by atoms with E-state index in [1.165, 1.54) is 36.8 Å². The van der Waals surface area contributed by atoms with E-state index in [0.29, 0.717) is 0 Å². The van der Waals surface area contributed by atoms with E-state index in [9.17, 15) is 4.79 Å². The Morgan fingerprint density at radius 1 is 1.20 bits per heavy atom. The van der Waals surface area contributed by atoms with Crippen molar-refractivity contribution < 1.29 is 4.79 Å². The molecule has 25 heavy (non-hydrogen) atoms. The molecule has 1 aliphatic rings. The predicted octanol–water partition coefficient (Wildman–Crippen LogP) is 3.27. The zero-order valence-corrected chi connectivity index (χ0v) is 15.9. The highest BCUT2D eigenvalue weighted by Gasteiger charge is 2.19. The van der Waals surface area contributed by atoms with E-state index in [2.05, 4.69) is 47.8 Å². The van der Waals surface area contributed by atoms with Crippen molar-refractivity contribution in [2.24, 2.45) is 0 Å². The van der Waals surface area contributed by atoms with E-state index in [-0.39, 0.29) is 18.0 Å². The molecule has 0 bridgehead atoms. The normalized spacial score (nSPS) is 17.0. The van der Waals surface area contributed by atoms with Gasteiger partial charge < -0.3 is 10.2 Å². The number of nitrogens with one attached hydrogen (secondary N) is 2. The summed E-state index contributed by atoms with van der Waals surface area (Å²) in [5.74, 6) is 0.0797. The summed E-state index contributed by atoms with van der Waals surface area (Å²) in [5, 5.41) is 6.57. The smallest absolute Gasteiger partial charge is 0.236 e. The van der Waals surface area contributed by atoms with Crippen LogP contribution in [0.15, 0.2) is 42.0 Å². The van der Waals surface area contributed by atoms with Gasteiger partial charge >= 0.3 is 0 Å². The minimum absolute atomic E-state index is 0.0797. The molecule has 0 radical (unpaired) electrons. The third-order valence-corrected chi connectivity index (χ3v) is 4.72. The fraction of sp³-hybridized carbons (Fsp3) is 0.571. The number of benzene rings is 1. The molecule has 0 heterocycles. The summed E-state index contributed by atoms with van der Waals surface area (Å²) in [6.07, 6.45) is 8.33. The van der Waals surface area contributed by atoms with Crippen molar-refractivity contribution in [1.82, 2.24) is 15.5 Å². The molecule has 2 N–H and O–H groups in total. The molecule has 2 atom stereocenters. The minimum atomic E-state index is -0.217. The van der Waals surface area contributed by atoms with Crippen LogP contribution in [0.2, 0.25) is 0 Å². The Labute approximate surface area is 152 Å². The quantitative estimate of drug-likeness (QED) is 0.676. The van der Waals surface area contributed by atoms with Crippen LogP contribution in [0.25, 0.3) is 0 Å². The fourth-order valence-corrected chi connectivity index (χ4v) is 3.31. The Morgan fingerprint density at radius 3 is 2.60 bits per heavy atom. The molecule has 1 amide bonds. The predicted molar refractivity (Wildman–Crippen MR) is 105 cm³/mol. The number of hydrogen-bond acceptors (Lipinski definition) is 3. The zero-order chi connectivity index (χ0) is 18.1. The summed E-state index contributed by atoms with van der Waals surface area (Å²) in [4.78, 5) is 14.6. The third kappa shape index (κ3) is 7.00. The molecule has 0 aromatic heterocycles. The van der Waals surface area contributed by atoms with Crippen LogP contribution in [-0.4, -0.2) is 44.0 Å². The fourth-order valence-electron chi connectivity index (χ4n) is 3.31. The summed E-state index contributed by atoms with van der Waals surface area (Å²) in [6, 6.07) is 10.3. The molecular formula is C21H33N3O. The van der Waals surface area contributed by atoms with Crippen LogP contribution < -0.4 is 10.6 Å². The molecule has 4 nitrogen and oxygen atoms in total. The van der Waals surface area contributed by atoms with E-state index in [1.807, 2.05) is 25.1 Å². The van der Waals surface area contributed by atoms with Gasteiger partial charge in [0.2, 0.25) is 5.91 Å². The molecule has 0 fully saturated rings. The topological polar surface area (TPSA) is 44.4 Å². The van der Waals surface area contributed by atoms with Gasteiger partial charge in [0.05, 0.1) is 6.04 Å². The van der Waals surface area contributed by atoms with Crippen molar-refractivity contribution in [3.05, 3.63) is 47.5 Å². The number of rotatable bonds is 9. The molecule has 1 aromatic rings. The van der Waals surface area contributed by atoms with Gasteiger partial charge in [-0.25, -0.2) is 0 Å². The average Bonchev–Trinajstić information content (AvgIpc) is 2.62. The largest absolute Gasteiger partial charge is 0.354 e. The number of amides is 1. The second kappa shape index (κ2) is 10.4. The van der Waals surface area contributed by atoms with Gasteiger partial charge in [0.25, 0.3) is 0 Å². The van der Waals surface area contributed by atoms with Crippen LogP contribution in [0.1, 0.15) is 50.6 Å². The molecule has 138 valence electrons. The first-order valence-corrected chi connectivity index (χ1v) is 9.47. The number of likely N-dealkylation sites (N-methyl/N-ethyl adjacent to an activating group) is 1. The van der Waals surface area contributed by atoms with Crippen molar-refractivity contribution in [3.63, 3.8) is 0 Å². The van der Waals surface area contributed by atoms with Crippen molar-refractivity contribution in [1.29, 1.82) is 0 Å². The molecular weight excluding hydrogens is 310 g/mol. The first-order valence-electron chi connectivity index (χ1n) is 9.47. The van der Waals surface area contributed by atoms with Crippen molar-refractivity contribution in [3.8, 4) is 0 Å². The van der Waals surface area contributed by atoms with Gasteiger partial charge in [-0.2, -0.15) is 0 Å². The van der Waals surface area contributed by atoms with Gasteiger partial charge in [0.15, 0.2) is 0 Å². The summed E-state index contributed by atoms with van der Waals surface area (Å²) in [6.45, 7) is 3.54. The van der Waals surface area contributed by atoms with Gasteiger partial charge in [-0.3, -0.25) is 10.1 Å². The van der Waals surface area contributed by atoms with Crippen LogP contribution in [0, 0.1) is 0 Å². The molecule has 1 aliphatic carbocycles. The minimum Gasteiger partial charge on any atom is -0.354 e. The van der Waals surface area contributed by atoms with Crippen LogP contribution in [-0.2, 0) is 4.79 Å². The molecule has 4 heteroatoms. The molecule has 0 saturated carbocycles. The van der Waals surface area contributed by atoms with Gasteiger partial charge in [-0.15, -0.1) is 0 Å². The third-order valence-electron chi connectivity index (χ3n) is 4.72. The van der Waals surface area contributed by atoms with Gasteiger partial charge in [-0.1, -0.05) is 42.0 Å². The zero-order valence-electron chi connectivity index (χ0n) is 15.9. The number of allylic oxidation sites excluding steroid dienone is 1. The van der Waals surface area contributed by atoms with Crippen molar-refractivity contribution in [2.45, 2.75) is 51.1 Å². The molecule has 0 aliphatic heterocycles. The Kier molecular flexibility index (Phi) is 8.16. The highest BCUT2D eigenvalue weighted by atomic mass is 16.2. The number of nitrogens with zero attached hydrogens (tertiary/aromatic N) is 1. The van der Waals surface area contributed by atoms with Crippen LogP contribution in [0.3, 0.4) is 0 Å². The lowest BCUT2D eigenvalue weighted by Crippen LogP contribution is -2.46. The summed E-state index contributed by atoms with van der Waals surface area (Å²) in [5.41, 5.74) is 2.71. The van der Waals surface area contributed by atoms with E-state index >= 15 is 0 Å². The van der Waals surface area contributed by atoms with E-state index in [1.54, 1.807) is 0 Å². The standard InChI is InChI=1S/C21H33N3O/c1-17(21(25)22-15-14-18-10-6-4-7-11-18)23-20(16-24(2)3)19-12-8-5-9-13-19/h5,8-10,12-13,17,20,23H,4,6-7,11,14-16H2,1-3H3,(H,22,25)/t17-,20-/m0/s1. The van der Waals surface area contributed by atoms with Crippen LogP contribution in [0.4, 0.5) is 0 Å². The maximum absolute atomic E-state index is 12.4. The van der Waals surface area contributed by atoms with Gasteiger partial charge in [-0.05, 0) is 58.7 Å². The van der Waals surface area contributed by atoms with E-state index < -0.39 is 0 Å². The monoisotopic (exact) mass is 343 g/mol. The lowest BCUT2D eigenvalue weighted by molar-refractivity contribution is -0.122. The maximum atomic E-state index is 12.4. The van der Waals surface area contributed by atoms with Crippen molar-refractivity contribution in [2.75, 3.05) is 27.2 Å². The maximum Gasteiger partial charge on any atom is 0.236 e. The molecule has 0 spiro atoms. The Hall–Kier alpha value is -1.65. The molecule has 1 aromatic carbocycles. The molecule has 0 unspecified atom stereocenters. The highest BCUT2D eigenvalue weighted by molar-refractivity contribution is 5.81. The van der Waals surface area contributed by atoms with Gasteiger partial charge in [0.1, 0.15) is 0 Å². The lowest BCUT2D eigenvalue weighted by atomic mass is 9.97. The Balaban J connectivity index is 1.83. The van der Waals surface area contributed by atoms with E-state index in [0.717, 1.165) is 19.5 Å². The second-order valence-corrected chi connectivity index (χ2v) is 7.26. The highest BCUT2D eigenvalue weighted by Crippen LogP contribution is 2.19. The second-order valence-electron chi connectivity index (χ2n) is 7.26. The van der Waals surface area contributed by atoms with Crippen LogP contribution in [0.5, 0.6) is 0 Å². The first kappa shape index (κ1) is 19.7. The average molecular weight is 344 g/mol. The lowest BCUT2D eigenvalue weighted by Gasteiger charge is -2.26. The van der Waals surface area contributed by atoms with E-state index in [4.69, 9.17) is 0 Å². The number of carbonyl (C=O) groups is 1. The van der Waals surface area contributed by atoms with Crippen molar-refractivity contribution >= 4 is 5.91 Å². The summed E-state index contributed by atoms with van der Waals surface area (Å²) in [7, 11) is 4.11. The molecule has 0 saturated heterocycles. The Bertz CT molecular complexity index is 554. The van der Waals surface area contributed by atoms with Crippen LogP contribution >= 0.6 is 0 Å². The SMILES string of the molecule is C[C@H](N[C@@H](CN(C)C)c1ccccc1)C(=O)NCCC1=CCCCC1. The number of carbonyl (C=O) groups excluding carboxylic acids is 1.